The molecule has 1 N–H and O–H groups in total. The van der Waals surface area contributed by atoms with Crippen LogP contribution in [0.1, 0.15) is 46.5 Å². The third-order valence-corrected chi connectivity index (χ3v) is 2.76. The zero-order valence-electron chi connectivity index (χ0n) is 11.7. The summed E-state index contributed by atoms with van der Waals surface area (Å²) in [6.45, 7) is 13.7. The Labute approximate surface area is 106 Å². The van der Waals surface area contributed by atoms with Gasteiger partial charge in [-0.25, -0.2) is 0 Å². The number of nitrogens with one attached hydrogen (secondary N) is 1. The van der Waals surface area contributed by atoms with E-state index in [1.54, 1.807) is 6.92 Å². The third kappa shape index (κ3) is 8.93. The maximum absolute atomic E-state index is 11.3. The lowest BCUT2D eigenvalue weighted by Gasteiger charge is -2.22. The Hall–Kier alpha value is -0.830. The molecule has 0 fully saturated rings. The van der Waals surface area contributed by atoms with Crippen molar-refractivity contribution in [3.8, 4) is 0 Å². The molecule has 0 radical (unpaired) electrons. The zero-order chi connectivity index (χ0) is 13.1. The van der Waals surface area contributed by atoms with Gasteiger partial charge in [0.15, 0.2) is 0 Å². The van der Waals surface area contributed by atoms with Crippen molar-refractivity contribution >= 4 is 5.91 Å². The summed E-state index contributed by atoms with van der Waals surface area (Å²) in [7, 11) is 0. The summed E-state index contributed by atoms with van der Waals surface area (Å²) in [5, 5.41) is 2.89. The highest BCUT2D eigenvalue weighted by Crippen LogP contribution is 1.98. The lowest BCUT2D eigenvalue weighted by Crippen LogP contribution is -2.36. The summed E-state index contributed by atoms with van der Waals surface area (Å²) in [5.74, 6) is -0.0315. The van der Waals surface area contributed by atoms with Crippen LogP contribution in [0, 0.1) is 0 Å². The van der Waals surface area contributed by atoms with Crippen LogP contribution in [0.3, 0.4) is 0 Å². The number of carbonyl (C=O) groups excluding carboxylic acids is 1. The molecule has 3 heteroatoms. The molecule has 3 nitrogen and oxygen atoms in total. The first-order valence-electron chi connectivity index (χ1n) is 6.77. The van der Waals surface area contributed by atoms with Gasteiger partial charge in [-0.2, -0.15) is 0 Å². The van der Waals surface area contributed by atoms with Crippen LogP contribution < -0.4 is 5.32 Å². The van der Waals surface area contributed by atoms with E-state index >= 15 is 0 Å². The van der Waals surface area contributed by atoms with Crippen molar-refractivity contribution in [2.24, 2.45) is 0 Å². The molecule has 0 aliphatic heterocycles. The summed E-state index contributed by atoms with van der Waals surface area (Å²) in [6.07, 6.45) is 4.91. The first-order valence-corrected chi connectivity index (χ1v) is 6.77. The number of carbonyl (C=O) groups is 1. The van der Waals surface area contributed by atoms with Gasteiger partial charge in [-0.1, -0.05) is 33.3 Å². The van der Waals surface area contributed by atoms with Crippen LogP contribution in [0.15, 0.2) is 12.2 Å². The number of unbranched alkanes of at least 4 members (excludes halogenated alkanes) is 2. The second-order valence-electron chi connectivity index (χ2n) is 4.58. The van der Waals surface area contributed by atoms with E-state index in [1.807, 2.05) is 0 Å². The Balaban J connectivity index is 3.81. The molecule has 0 saturated carbocycles. The van der Waals surface area contributed by atoms with Crippen LogP contribution in [0.5, 0.6) is 0 Å². The van der Waals surface area contributed by atoms with Gasteiger partial charge < -0.3 is 10.2 Å². The fourth-order valence-corrected chi connectivity index (χ4v) is 1.58. The van der Waals surface area contributed by atoms with E-state index < -0.39 is 0 Å². The van der Waals surface area contributed by atoms with E-state index in [4.69, 9.17) is 0 Å². The van der Waals surface area contributed by atoms with Gasteiger partial charge in [-0.05, 0) is 32.9 Å². The minimum atomic E-state index is -0.0315. The van der Waals surface area contributed by atoms with Crippen molar-refractivity contribution in [2.45, 2.75) is 46.5 Å². The van der Waals surface area contributed by atoms with Crippen molar-refractivity contribution in [3.05, 3.63) is 12.2 Å². The molecule has 0 aromatic heterocycles. The minimum Gasteiger partial charge on any atom is -0.351 e. The number of hydrogen-bond acceptors (Lipinski definition) is 2. The van der Waals surface area contributed by atoms with Crippen LogP contribution in [0.2, 0.25) is 0 Å². The molecule has 0 aromatic rings. The largest absolute Gasteiger partial charge is 0.351 e. The standard InChI is InChI=1S/C14H28N2O/c1-5-7-10-16(11-8-6-2)12-9-15-14(17)13(3)4/h3,5-12H2,1-2,4H3,(H,15,17). The Bertz CT molecular complexity index is 218. The molecule has 0 rings (SSSR count). The Morgan fingerprint density at radius 3 is 2.06 bits per heavy atom. The fourth-order valence-electron chi connectivity index (χ4n) is 1.58. The molecule has 0 aliphatic carbocycles. The SMILES string of the molecule is C=C(C)C(=O)NCCN(CCCC)CCCC. The highest BCUT2D eigenvalue weighted by Gasteiger charge is 2.05. The summed E-state index contributed by atoms with van der Waals surface area (Å²) < 4.78 is 0. The average Bonchev–Trinajstić information content (AvgIpc) is 2.31. The van der Waals surface area contributed by atoms with E-state index in [1.165, 1.54) is 25.7 Å². The van der Waals surface area contributed by atoms with Gasteiger partial charge in [0.1, 0.15) is 0 Å². The lowest BCUT2D eigenvalue weighted by atomic mass is 10.2. The van der Waals surface area contributed by atoms with Crippen molar-refractivity contribution in [1.29, 1.82) is 0 Å². The Morgan fingerprint density at radius 1 is 1.12 bits per heavy atom. The van der Waals surface area contributed by atoms with Gasteiger partial charge >= 0.3 is 0 Å². The summed E-state index contributed by atoms with van der Waals surface area (Å²) >= 11 is 0. The number of hydrogen-bond donors (Lipinski definition) is 1. The van der Waals surface area contributed by atoms with Crippen LogP contribution >= 0.6 is 0 Å². The molecule has 0 atom stereocenters. The molecule has 1 amide bonds. The van der Waals surface area contributed by atoms with Gasteiger partial charge in [0, 0.05) is 18.7 Å². The van der Waals surface area contributed by atoms with Crippen LogP contribution in [-0.4, -0.2) is 37.0 Å². The van der Waals surface area contributed by atoms with E-state index in [0.29, 0.717) is 5.57 Å². The van der Waals surface area contributed by atoms with Gasteiger partial charge in [0.05, 0.1) is 0 Å². The van der Waals surface area contributed by atoms with E-state index in [-0.39, 0.29) is 5.91 Å². The van der Waals surface area contributed by atoms with Crippen molar-refractivity contribution in [2.75, 3.05) is 26.2 Å². The maximum Gasteiger partial charge on any atom is 0.246 e. The zero-order valence-corrected chi connectivity index (χ0v) is 11.7. The molecule has 0 heterocycles. The summed E-state index contributed by atoms with van der Waals surface area (Å²) in [4.78, 5) is 13.8. The maximum atomic E-state index is 11.3. The second-order valence-corrected chi connectivity index (χ2v) is 4.58. The van der Waals surface area contributed by atoms with Gasteiger partial charge in [-0.15, -0.1) is 0 Å². The van der Waals surface area contributed by atoms with Crippen molar-refractivity contribution in [3.63, 3.8) is 0 Å². The molecule has 17 heavy (non-hydrogen) atoms. The summed E-state index contributed by atoms with van der Waals surface area (Å²) in [6, 6.07) is 0. The van der Waals surface area contributed by atoms with Crippen LogP contribution in [0.4, 0.5) is 0 Å². The lowest BCUT2D eigenvalue weighted by molar-refractivity contribution is -0.117. The quantitative estimate of drug-likeness (QED) is 0.595. The van der Waals surface area contributed by atoms with E-state index in [0.717, 1.165) is 26.2 Å². The Morgan fingerprint density at radius 2 is 1.65 bits per heavy atom. The molecule has 0 bridgehead atoms. The first kappa shape index (κ1) is 16.2. The molecule has 0 unspecified atom stereocenters. The fraction of sp³-hybridized carbons (Fsp3) is 0.786. The highest BCUT2D eigenvalue weighted by atomic mass is 16.1. The number of amides is 1. The van der Waals surface area contributed by atoms with E-state index in [2.05, 4.69) is 30.6 Å². The smallest absolute Gasteiger partial charge is 0.246 e. The van der Waals surface area contributed by atoms with Gasteiger partial charge in [0.25, 0.3) is 0 Å². The number of nitrogens with zero attached hydrogens (tertiary/aromatic N) is 1. The van der Waals surface area contributed by atoms with Crippen molar-refractivity contribution < 1.29 is 4.79 Å². The molecule has 0 aliphatic rings. The van der Waals surface area contributed by atoms with Crippen LogP contribution in [0.25, 0.3) is 0 Å². The number of rotatable bonds is 10. The van der Waals surface area contributed by atoms with Crippen molar-refractivity contribution in [1.82, 2.24) is 10.2 Å². The monoisotopic (exact) mass is 240 g/mol. The predicted molar refractivity (Wildman–Crippen MR) is 74.1 cm³/mol. The van der Waals surface area contributed by atoms with Crippen LogP contribution in [-0.2, 0) is 4.79 Å². The van der Waals surface area contributed by atoms with E-state index in [9.17, 15) is 4.79 Å². The topological polar surface area (TPSA) is 32.3 Å². The molecule has 100 valence electrons. The first-order chi connectivity index (χ1) is 8.11. The predicted octanol–water partition coefficient (Wildman–Crippen LogP) is 2.58. The summed E-state index contributed by atoms with van der Waals surface area (Å²) in [5.41, 5.74) is 0.582. The molecular weight excluding hydrogens is 212 g/mol. The normalized spacial score (nSPS) is 10.6. The molecule has 0 spiro atoms. The third-order valence-electron chi connectivity index (χ3n) is 2.76. The average molecular weight is 240 g/mol. The van der Waals surface area contributed by atoms with Gasteiger partial charge in [0.2, 0.25) is 5.91 Å². The molecule has 0 saturated heterocycles. The molecular formula is C14H28N2O. The van der Waals surface area contributed by atoms with Gasteiger partial charge in [-0.3, -0.25) is 4.79 Å². The molecule has 0 aromatic carbocycles. The second kappa shape index (κ2) is 10.3. The Kier molecular flexibility index (Phi) is 9.83. The minimum absolute atomic E-state index is 0.0315. The highest BCUT2D eigenvalue weighted by molar-refractivity contribution is 5.92.